The van der Waals surface area contributed by atoms with E-state index in [4.69, 9.17) is 11.0 Å². The molecule has 0 unspecified atom stereocenters. The van der Waals surface area contributed by atoms with Gasteiger partial charge < -0.3 is 5.73 Å². The normalized spacial score (nSPS) is 9.67. The summed E-state index contributed by atoms with van der Waals surface area (Å²) in [6.07, 6.45) is 5.59. The van der Waals surface area contributed by atoms with Crippen molar-refractivity contribution in [2.75, 3.05) is 6.54 Å². The molecule has 4 nitrogen and oxygen atoms in total. The van der Waals surface area contributed by atoms with Gasteiger partial charge in [0.25, 0.3) is 0 Å². The molecule has 0 saturated heterocycles. The first-order chi connectivity index (χ1) is 5.86. The standard InChI is InChI=1S/C8H12N4/c9-3-1-2-8-6-11-12(7-8)5-4-10/h6-7H,1-3,5,9H2. The predicted molar refractivity (Wildman–Crippen MR) is 45.2 cm³/mol. The molecule has 0 radical (unpaired) electrons. The lowest BCUT2D eigenvalue weighted by Gasteiger charge is -1.92. The maximum Gasteiger partial charge on any atom is 0.128 e. The number of aryl methyl sites for hydroxylation is 1. The van der Waals surface area contributed by atoms with Gasteiger partial charge in [-0.2, -0.15) is 10.4 Å². The predicted octanol–water partition coefficient (Wildman–Crippen LogP) is 0.298. The first-order valence-electron chi connectivity index (χ1n) is 3.95. The van der Waals surface area contributed by atoms with Crippen molar-refractivity contribution in [1.29, 1.82) is 5.26 Å². The molecule has 2 N–H and O–H groups in total. The van der Waals surface area contributed by atoms with E-state index in [1.165, 1.54) is 0 Å². The molecule has 0 aliphatic heterocycles. The van der Waals surface area contributed by atoms with E-state index in [9.17, 15) is 0 Å². The topological polar surface area (TPSA) is 67.6 Å². The van der Waals surface area contributed by atoms with Crippen LogP contribution in [-0.4, -0.2) is 16.3 Å². The van der Waals surface area contributed by atoms with Gasteiger partial charge in [0.2, 0.25) is 0 Å². The minimum atomic E-state index is 0.322. The SMILES string of the molecule is N#CCn1cc(CCCN)cn1. The Hall–Kier alpha value is -1.34. The first kappa shape index (κ1) is 8.75. The van der Waals surface area contributed by atoms with Crippen LogP contribution in [0.1, 0.15) is 12.0 Å². The summed E-state index contributed by atoms with van der Waals surface area (Å²) in [5.41, 5.74) is 6.51. The third-order valence-corrected chi connectivity index (χ3v) is 1.59. The van der Waals surface area contributed by atoms with Gasteiger partial charge in [0.1, 0.15) is 6.54 Å². The summed E-state index contributed by atoms with van der Waals surface area (Å²) in [5, 5.41) is 12.4. The highest BCUT2D eigenvalue weighted by molar-refractivity contribution is 5.04. The number of aromatic nitrogens is 2. The lowest BCUT2D eigenvalue weighted by atomic mass is 10.2. The number of hydrogen-bond acceptors (Lipinski definition) is 3. The van der Waals surface area contributed by atoms with Gasteiger partial charge in [-0.15, -0.1) is 0 Å². The zero-order chi connectivity index (χ0) is 8.81. The summed E-state index contributed by atoms with van der Waals surface area (Å²) < 4.78 is 1.63. The monoisotopic (exact) mass is 164 g/mol. The molecule has 0 fully saturated rings. The van der Waals surface area contributed by atoms with Crippen molar-refractivity contribution in [1.82, 2.24) is 9.78 Å². The van der Waals surface area contributed by atoms with Crippen molar-refractivity contribution in [2.45, 2.75) is 19.4 Å². The summed E-state index contributed by atoms with van der Waals surface area (Å²) in [7, 11) is 0. The lowest BCUT2D eigenvalue weighted by molar-refractivity contribution is 0.708. The molecule has 64 valence electrons. The summed E-state index contributed by atoms with van der Waals surface area (Å²) in [5.74, 6) is 0. The molecular weight excluding hydrogens is 152 g/mol. The Kier molecular flexibility index (Phi) is 3.30. The minimum absolute atomic E-state index is 0.322. The van der Waals surface area contributed by atoms with E-state index < -0.39 is 0 Å². The molecule has 1 heterocycles. The molecule has 1 aromatic rings. The molecule has 4 heteroatoms. The molecule has 0 spiro atoms. The van der Waals surface area contributed by atoms with Crippen molar-refractivity contribution < 1.29 is 0 Å². The summed E-state index contributed by atoms with van der Waals surface area (Å²) in [4.78, 5) is 0. The molecule has 0 saturated carbocycles. The zero-order valence-corrected chi connectivity index (χ0v) is 6.90. The summed E-state index contributed by atoms with van der Waals surface area (Å²) in [6.45, 7) is 1.02. The van der Waals surface area contributed by atoms with Crippen LogP contribution in [-0.2, 0) is 13.0 Å². The van der Waals surface area contributed by atoms with E-state index in [2.05, 4.69) is 5.10 Å². The summed E-state index contributed by atoms with van der Waals surface area (Å²) >= 11 is 0. The van der Waals surface area contributed by atoms with Gasteiger partial charge in [0.15, 0.2) is 0 Å². The van der Waals surface area contributed by atoms with Crippen molar-refractivity contribution in [3.8, 4) is 6.07 Å². The van der Waals surface area contributed by atoms with Crippen LogP contribution in [0.25, 0.3) is 0 Å². The van der Waals surface area contributed by atoms with Gasteiger partial charge in [-0.3, -0.25) is 4.68 Å². The van der Waals surface area contributed by atoms with E-state index in [1.807, 2.05) is 12.3 Å². The van der Waals surface area contributed by atoms with Gasteiger partial charge in [-0.1, -0.05) is 0 Å². The molecule has 1 aromatic heterocycles. The fourth-order valence-electron chi connectivity index (χ4n) is 1.00. The second-order valence-corrected chi connectivity index (χ2v) is 2.60. The van der Waals surface area contributed by atoms with E-state index in [0.717, 1.165) is 18.4 Å². The minimum Gasteiger partial charge on any atom is -0.330 e. The average molecular weight is 164 g/mol. The smallest absolute Gasteiger partial charge is 0.128 e. The van der Waals surface area contributed by atoms with Gasteiger partial charge >= 0.3 is 0 Å². The van der Waals surface area contributed by atoms with Gasteiger partial charge in [-0.25, -0.2) is 0 Å². The number of rotatable bonds is 4. The van der Waals surface area contributed by atoms with E-state index >= 15 is 0 Å². The molecule has 1 rings (SSSR count). The quantitative estimate of drug-likeness (QED) is 0.695. The van der Waals surface area contributed by atoms with E-state index in [0.29, 0.717) is 13.1 Å². The van der Waals surface area contributed by atoms with Crippen LogP contribution in [0.3, 0.4) is 0 Å². The molecule has 0 aliphatic carbocycles. The van der Waals surface area contributed by atoms with E-state index in [-0.39, 0.29) is 0 Å². The zero-order valence-electron chi connectivity index (χ0n) is 6.90. The Morgan fingerprint density at radius 1 is 1.67 bits per heavy atom. The molecule has 0 atom stereocenters. The Morgan fingerprint density at radius 2 is 2.50 bits per heavy atom. The van der Waals surface area contributed by atoms with Gasteiger partial charge in [0, 0.05) is 6.20 Å². The number of nitriles is 1. The van der Waals surface area contributed by atoms with Gasteiger partial charge in [0.05, 0.1) is 12.3 Å². The maximum atomic E-state index is 8.37. The van der Waals surface area contributed by atoms with Crippen molar-refractivity contribution in [3.63, 3.8) is 0 Å². The second-order valence-electron chi connectivity index (χ2n) is 2.60. The Morgan fingerprint density at radius 3 is 3.17 bits per heavy atom. The molecule has 0 bridgehead atoms. The number of nitrogens with two attached hydrogens (primary N) is 1. The Balaban J connectivity index is 2.48. The van der Waals surface area contributed by atoms with Gasteiger partial charge in [-0.05, 0) is 24.9 Å². The second kappa shape index (κ2) is 4.52. The molecule has 0 aromatic carbocycles. The molecule has 12 heavy (non-hydrogen) atoms. The van der Waals surface area contributed by atoms with Crippen LogP contribution in [0.5, 0.6) is 0 Å². The van der Waals surface area contributed by atoms with Crippen molar-refractivity contribution >= 4 is 0 Å². The maximum absolute atomic E-state index is 8.37. The highest BCUT2D eigenvalue weighted by atomic mass is 15.3. The van der Waals surface area contributed by atoms with Crippen LogP contribution in [0.4, 0.5) is 0 Å². The Labute approximate surface area is 71.6 Å². The average Bonchev–Trinajstić information content (AvgIpc) is 2.50. The number of hydrogen-bond donors (Lipinski definition) is 1. The van der Waals surface area contributed by atoms with Crippen LogP contribution in [0.2, 0.25) is 0 Å². The van der Waals surface area contributed by atoms with Crippen molar-refractivity contribution in [2.24, 2.45) is 5.73 Å². The third-order valence-electron chi connectivity index (χ3n) is 1.59. The largest absolute Gasteiger partial charge is 0.330 e. The van der Waals surface area contributed by atoms with Crippen molar-refractivity contribution in [3.05, 3.63) is 18.0 Å². The molecule has 0 amide bonds. The highest BCUT2D eigenvalue weighted by Crippen LogP contribution is 2.00. The first-order valence-corrected chi connectivity index (χ1v) is 3.95. The fraction of sp³-hybridized carbons (Fsp3) is 0.500. The van der Waals surface area contributed by atoms with Crippen LogP contribution in [0, 0.1) is 11.3 Å². The van der Waals surface area contributed by atoms with Crippen LogP contribution < -0.4 is 5.73 Å². The van der Waals surface area contributed by atoms with Crippen LogP contribution >= 0.6 is 0 Å². The summed E-state index contributed by atoms with van der Waals surface area (Å²) in [6, 6.07) is 2.03. The third kappa shape index (κ3) is 2.36. The molecule has 0 aliphatic rings. The van der Waals surface area contributed by atoms with Crippen LogP contribution in [0.15, 0.2) is 12.4 Å². The Bertz CT molecular complexity index is 271. The lowest BCUT2D eigenvalue weighted by Crippen LogP contribution is -1.99. The molecular formula is C8H12N4. The highest BCUT2D eigenvalue weighted by Gasteiger charge is 1.96. The number of nitrogens with zero attached hydrogens (tertiary/aromatic N) is 3. The fourth-order valence-corrected chi connectivity index (χ4v) is 1.00. The van der Waals surface area contributed by atoms with E-state index in [1.54, 1.807) is 10.9 Å².